The minimum Gasteiger partial charge on any atom is -0.272 e. The number of fused-ring (bicyclic) bond motifs is 2. The highest BCUT2D eigenvalue weighted by molar-refractivity contribution is 7.71. The molecule has 2 N–H and O–H groups in total. The highest BCUT2D eigenvalue weighted by Crippen LogP contribution is 2.45. The molecule has 14 heavy (non-hydrogen) atoms. The van der Waals surface area contributed by atoms with E-state index in [2.05, 4.69) is 22.3 Å². The monoisotopic (exact) mass is 209 g/mol. The van der Waals surface area contributed by atoms with Crippen molar-refractivity contribution in [3.8, 4) is 0 Å². The fourth-order valence-electron chi connectivity index (χ4n) is 2.67. The first kappa shape index (κ1) is 8.23. The standard InChI is InChI=1S/C9H11N3OS/c13-8-10-11-9(14)12(8)7-4-5-1-2-6(7)3-5/h1-2,5-7H,3-4H2,(H,10,13)(H,11,14)/t5-,6+,7+/m0/s1. The van der Waals surface area contributed by atoms with Gasteiger partial charge in [-0.05, 0) is 36.9 Å². The van der Waals surface area contributed by atoms with Gasteiger partial charge in [-0.25, -0.2) is 9.89 Å². The van der Waals surface area contributed by atoms with E-state index in [4.69, 9.17) is 12.2 Å². The fraction of sp³-hybridized carbons (Fsp3) is 0.556. The molecule has 74 valence electrons. The van der Waals surface area contributed by atoms with Crippen LogP contribution in [0.5, 0.6) is 0 Å². The van der Waals surface area contributed by atoms with E-state index in [1.807, 2.05) is 0 Å². The predicted octanol–water partition coefficient (Wildman–Crippen LogP) is 1.37. The number of hydrogen-bond donors (Lipinski definition) is 2. The molecular formula is C9H11N3OS. The molecule has 4 nitrogen and oxygen atoms in total. The Morgan fingerprint density at radius 1 is 1.36 bits per heavy atom. The minimum atomic E-state index is -0.110. The van der Waals surface area contributed by atoms with E-state index < -0.39 is 0 Å². The maximum Gasteiger partial charge on any atom is 0.342 e. The van der Waals surface area contributed by atoms with Gasteiger partial charge in [0.1, 0.15) is 0 Å². The van der Waals surface area contributed by atoms with Crippen LogP contribution >= 0.6 is 12.2 Å². The molecule has 2 aliphatic carbocycles. The fourth-order valence-corrected chi connectivity index (χ4v) is 2.94. The average molecular weight is 209 g/mol. The second kappa shape index (κ2) is 2.70. The molecule has 0 aliphatic heterocycles. The van der Waals surface area contributed by atoms with Gasteiger partial charge in [-0.2, -0.15) is 0 Å². The molecule has 0 unspecified atom stereocenters. The first-order valence-corrected chi connectivity index (χ1v) is 5.24. The van der Waals surface area contributed by atoms with Crippen molar-refractivity contribution in [2.45, 2.75) is 18.9 Å². The lowest BCUT2D eigenvalue weighted by atomic mass is 10.0. The highest BCUT2D eigenvalue weighted by Gasteiger charge is 2.37. The van der Waals surface area contributed by atoms with E-state index >= 15 is 0 Å². The van der Waals surface area contributed by atoms with E-state index in [1.165, 1.54) is 6.42 Å². The number of rotatable bonds is 1. The first-order valence-electron chi connectivity index (χ1n) is 4.83. The Morgan fingerprint density at radius 2 is 2.21 bits per heavy atom. The SMILES string of the molecule is O=c1[nH][nH]c(=S)n1[C@@H]1C[C@H]2C=C[C@@H]1C2. The Kier molecular flexibility index (Phi) is 1.58. The van der Waals surface area contributed by atoms with Crippen LogP contribution < -0.4 is 5.69 Å². The average Bonchev–Trinajstić information content (AvgIpc) is 2.81. The zero-order valence-corrected chi connectivity index (χ0v) is 8.38. The molecule has 1 fully saturated rings. The van der Waals surface area contributed by atoms with Crippen molar-refractivity contribution in [3.63, 3.8) is 0 Å². The maximum atomic E-state index is 11.5. The van der Waals surface area contributed by atoms with Crippen LogP contribution in [-0.4, -0.2) is 14.8 Å². The van der Waals surface area contributed by atoms with Gasteiger partial charge < -0.3 is 0 Å². The summed E-state index contributed by atoms with van der Waals surface area (Å²) in [6.45, 7) is 0. The van der Waals surface area contributed by atoms with Crippen LogP contribution in [0.2, 0.25) is 0 Å². The van der Waals surface area contributed by atoms with E-state index in [9.17, 15) is 4.79 Å². The van der Waals surface area contributed by atoms with Crippen molar-refractivity contribution >= 4 is 12.2 Å². The Labute approximate surface area is 85.6 Å². The van der Waals surface area contributed by atoms with Gasteiger partial charge in [0.05, 0.1) is 0 Å². The number of allylic oxidation sites excluding steroid dienone is 2. The summed E-state index contributed by atoms with van der Waals surface area (Å²) in [6.07, 6.45) is 6.70. The Balaban J connectivity index is 2.09. The summed E-state index contributed by atoms with van der Waals surface area (Å²) in [7, 11) is 0. The largest absolute Gasteiger partial charge is 0.342 e. The molecule has 0 amide bonds. The summed E-state index contributed by atoms with van der Waals surface area (Å²) in [5.74, 6) is 1.16. The summed E-state index contributed by atoms with van der Waals surface area (Å²) in [4.78, 5) is 11.5. The van der Waals surface area contributed by atoms with Crippen LogP contribution in [0.1, 0.15) is 18.9 Å². The second-order valence-corrected chi connectivity index (χ2v) is 4.46. The van der Waals surface area contributed by atoms with Gasteiger partial charge in [-0.1, -0.05) is 12.2 Å². The van der Waals surface area contributed by atoms with Crippen molar-refractivity contribution in [1.29, 1.82) is 0 Å². The summed E-state index contributed by atoms with van der Waals surface area (Å²) >= 11 is 5.08. The number of hydrogen-bond acceptors (Lipinski definition) is 2. The first-order chi connectivity index (χ1) is 6.75. The molecule has 1 aromatic rings. The van der Waals surface area contributed by atoms with E-state index in [1.54, 1.807) is 4.57 Å². The molecule has 0 saturated heterocycles. The number of H-pyrrole nitrogens is 2. The zero-order valence-electron chi connectivity index (χ0n) is 7.56. The lowest BCUT2D eigenvalue weighted by Crippen LogP contribution is -2.25. The van der Waals surface area contributed by atoms with Gasteiger partial charge in [-0.15, -0.1) is 0 Å². The molecular weight excluding hydrogens is 198 g/mol. The second-order valence-electron chi connectivity index (χ2n) is 4.08. The number of aromatic nitrogens is 3. The van der Waals surface area contributed by atoms with Crippen molar-refractivity contribution in [1.82, 2.24) is 14.8 Å². The molecule has 1 aromatic heterocycles. The molecule has 2 aliphatic rings. The Hall–Kier alpha value is -1.10. The normalized spacial score (nSPS) is 34.1. The zero-order chi connectivity index (χ0) is 9.71. The van der Waals surface area contributed by atoms with E-state index in [0.717, 1.165) is 6.42 Å². The predicted molar refractivity (Wildman–Crippen MR) is 54.6 cm³/mol. The minimum absolute atomic E-state index is 0.110. The van der Waals surface area contributed by atoms with Gasteiger partial charge in [0.25, 0.3) is 0 Å². The van der Waals surface area contributed by atoms with E-state index in [-0.39, 0.29) is 11.7 Å². The van der Waals surface area contributed by atoms with Gasteiger partial charge in [0.15, 0.2) is 4.77 Å². The summed E-state index contributed by atoms with van der Waals surface area (Å²) < 4.78 is 2.20. The van der Waals surface area contributed by atoms with Gasteiger partial charge in [0.2, 0.25) is 0 Å². The maximum absolute atomic E-state index is 11.5. The van der Waals surface area contributed by atoms with Crippen LogP contribution in [0.15, 0.2) is 16.9 Å². The lowest BCUT2D eigenvalue weighted by molar-refractivity contribution is 0.417. The van der Waals surface area contributed by atoms with Crippen molar-refractivity contribution in [3.05, 3.63) is 27.4 Å². The van der Waals surface area contributed by atoms with Crippen molar-refractivity contribution in [2.24, 2.45) is 11.8 Å². The van der Waals surface area contributed by atoms with Crippen LogP contribution in [0.25, 0.3) is 0 Å². The van der Waals surface area contributed by atoms with Crippen molar-refractivity contribution in [2.75, 3.05) is 0 Å². The smallest absolute Gasteiger partial charge is 0.272 e. The van der Waals surface area contributed by atoms with Crippen molar-refractivity contribution < 1.29 is 0 Å². The van der Waals surface area contributed by atoms with Crippen LogP contribution in [0.4, 0.5) is 0 Å². The Morgan fingerprint density at radius 3 is 2.71 bits per heavy atom. The van der Waals surface area contributed by atoms with Gasteiger partial charge in [-0.3, -0.25) is 9.67 Å². The third-order valence-corrected chi connectivity index (χ3v) is 3.59. The van der Waals surface area contributed by atoms with E-state index in [0.29, 0.717) is 16.6 Å². The highest BCUT2D eigenvalue weighted by atomic mass is 32.1. The molecule has 1 saturated carbocycles. The Bertz CT molecular complexity index is 467. The number of aromatic amines is 2. The topological polar surface area (TPSA) is 53.6 Å². The molecule has 3 atom stereocenters. The molecule has 0 aromatic carbocycles. The quantitative estimate of drug-likeness (QED) is 0.542. The lowest BCUT2D eigenvalue weighted by Gasteiger charge is -2.17. The molecule has 3 rings (SSSR count). The molecule has 0 radical (unpaired) electrons. The molecule has 2 bridgehead atoms. The molecule has 1 heterocycles. The summed E-state index contributed by atoms with van der Waals surface area (Å²) in [5.41, 5.74) is -0.110. The van der Waals surface area contributed by atoms with Gasteiger partial charge in [0, 0.05) is 6.04 Å². The molecule has 0 spiro atoms. The summed E-state index contributed by atoms with van der Waals surface area (Å²) in [5, 5.41) is 5.22. The van der Waals surface area contributed by atoms with Crippen LogP contribution in [0, 0.1) is 16.6 Å². The third kappa shape index (κ3) is 0.987. The number of nitrogens with zero attached hydrogens (tertiary/aromatic N) is 1. The van der Waals surface area contributed by atoms with Gasteiger partial charge >= 0.3 is 5.69 Å². The number of nitrogens with one attached hydrogen (secondary N) is 2. The van der Waals surface area contributed by atoms with Crippen LogP contribution in [-0.2, 0) is 0 Å². The third-order valence-electron chi connectivity index (χ3n) is 3.29. The summed E-state index contributed by atoms with van der Waals surface area (Å²) in [6, 6.07) is 0.271. The molecule has 5 heteroatoms. The van der Waals surface area contributed by atoms with Crippen LogP contribution in [0.3, 0.4) is 0 Å².